The van der Waals surface area contributed by atoms with Gasteiger partial charge >= 0.3 is 0 Å². The average Bonchev–Trinajstić information content (AvgIpc) is 2.39. The zero-order valence-corrected chi connectivity index (χ0v) is 8.92. The molecule has 1 N–H and O–H groups in total. The Morgan fingerprint density at radius 1 is 1.23 bits per heavy atom. The number of hydrogen-bond acceptors (Lipinski definition) is 2. The molecule has 0 aromatic heterocycles. The molecule has 2 fully saturated rings. The van der Waals surface area contributed by atoms with E-state index in [2.05, 4.69) is 24.2 Å². The van der Waals surface area contributed by atoms with Crippen molar-refractivity contribution in [1.29, 1.82) is 0 Å². The smallest absolute Gasteiger partial charge is 0.0114 e. The largest absolute Gasteiger partial charge is 0.317 e. The van der Waals surface area contributed by atoms with Crippen LogP contribution in [0.1, 0.15) is 39.0 Å². The molecule has 0 spiro atoms. The lowest BCUT2D eigenvalue weighted by Crippen LogP contribution is -2.48. The Morgan fingerprint density at radius 2 is 1.85 bits per heavy atom. The maximum Gasteiger partial charge on any atom is 0.0114 e. The van der Waals surface area contributed by atoms with Crippen molar-refractivity contribution < 1.29 is 0 Å². The predicted octanol–water partition coefficient (Wildman–Crippen LogP) is 1.61. The predicted molar refractivity (Wildman–Crippen MR) is 55.9 cm³/mol. The topological polar surface area (TPSA) is 15.3 Å². The van der Waals surface area contributed by atoms with Crippen LogP contribution < -0.4 is 5.32 Å². The van der Waals surface area contributed by atoms with Crippen LogP contribution in [0, 0.1) is 0 Å². The van der Waals surface area contributed by atoms with Gasteiger partial charge in [0, 0.05) is 18.1 Å². The first-order valence-electron chi connectivity index (χ1n) is 5.78. The van der Waals surface area contributed by atoms with Gasteiger partial charge in [0.25, 0.3) is 0 Å². The molecule has 2 atom stereocenters. The van der Waals surface area contributed by atoms with Gasteiger partial charge in [-0.15, -0.1) is 0 Å². The molecule has 2 aliphatic heterocycles. The summed E-state index contributed by atoms with van der Waals surface area (Å²) in [5.74, 6) is 0. The molecule has 0 radical (unpaired) electrons. The van der Waals surface area contributed by atoms with E-state index in [-0.39, 0.29) is 0 Å². The van der Waals surface area contributed by atoms with Crippen molar-refractivity contribution in [3.05, 3.63) is 0 Å². The van der Waals surface area contributed by atoms with Crippen LogP contribution in [0.3, 0.4) is 0 Å². The van der Waals surface area contributed by atoms with E-state index in [1.165, 1.54) is 38.6 Å². The molecular formula is C11H22N2. The van der Waals surface area contributed by atoms with Gasteiger partial charge in [0.15, 0.2) is 0 Å². The van der Waals surface area contributed by atoms with Crippen LogP contribution in [0.4, 0.5) is 0 Å². The van der Waals surface area contributed by atoms with Gasteiger partial charge in [-0.25, -0.2) is 0 Å². The lowest BCUT2D eigenvalue weighted by atomic mass is 9.97. The van der Waals surface area contributed by atoms with Gasteiger partial charge in [-0.1, -0.05) is 6.92 Å². The molecule has 2 heteroatoms. The highest BCUT2D eigenvalue weighted by Gasteiger charge is 2.39. The molecule has 0 saturated carbocycles. The summed E-state index contributed by atoms with van der Waals surface area (Å²) < 4.78 is 0. The average molecular weight is 182 g/mol. The molecular weight excluding hydrogens is 160 g/mol. The first kappa shape index (κ1) is 9.47. The quantitative estimate of drug-likeness (QED) is 0.713. The summed E-state index contributed by atoms with van der Waals surface area (Å²) in [4.78, 5) is 2.76. The molecule has 2 rings (SSSR count). The lowest BCUT2D eigenvalue weighted by molar-refractivity contribution is 0.119. The van der Waals surface area contributed by atoms with Crippen LogP contribution in [0.25, 0.3) is 0 Å². The maximum atomic E-state index is 3.44. The van der Waals surface area contributed by atoms with E-state index in [1.54, 1.807) is 0 Å². The van der Waals surface area contributed by atoms with Gasteiger partial charge in [0.05, 0.1) is 0 Å². The van der Waals surface area contributed by atoms with Gasteiger partial charge in [0.1, 0.15) is 0 Å². The summed E-state index contributed by atoms with van der Waals surface area (Å²) >= 11 is 0. The third-order valence-electron chi connectivity index (χ3n) is 3.77. The van der Waals surface area contributed by atoms with Crippen LogP contribution in [-0.2, 0) is 0 Å². The lowest BCUT2D eigenvalue weighted by Gasteiger charge is -2.38. The second-order valence-electron chi connectivity index (χ2n) is 4.58. The summed E-state index contributed by atoms with van der Waals surface area (Å²) in [6, 6.07) is 2.60. The molecule has 0 aromatic rings. The zero-order valence-electron chi connectivity index (χ0n) is 8.92. The highest BCUT2D eigenvalue weighted by molar-refractivity contribution is 4.96. The monoisotopic (exact) mass is 182 g/mol. The summed E-state index contributed by atoms with van der Waals surface area (Å²) in [5.41, 5.74) is 0. The number of nitrogens with zero attached hydrogens (tertiary/aromatic N) is 1. The van der Waals surface area contributed by atoms with Crippen molar-refractivity contribution in [1.82, 2.24) is 10.2 Å². The molecule has 76 valence electrons. The third kappa shape index (κ3) is 1.75. The Morgan fingerprint density at radius 3 is 2.31 bits per heavy atom. The van der Waals surface area contributed by atoms with E-state index in [0.29, 0.717) is 0 Å². The van der Waals surface area contributed by atoms with Gasteiger partial charge < -0.3 is 5.32 Å². The highest BCUT2D eigenvalue weighted by Crippen LogP contribution is 2.35. The van der Waals surface area contributed by atoms with Gasteiger partial charge in [-0.2, -0.15) is 0 Å². The third-order valence-corrected chi connectivity index (χ3v) is 3.77. The van der Waals surface area contributed by atoms with E-state index >= 15 is 0 Å². The van der Waals surface area contributed by atoms with E-state index in [9.17, 15) is 0 Å². The second kappa shape index (κ2) is 3.97. The molecule has 2 nitrogen and oxygen atoms in total. The summed E-state index contributed by atoms with van der Waals surface area (Å²) in [7, 11) is 2.11. The van der Waals surface area contributed by atoms with Crippen LogP contribution in [-0.4, -0.2) is 36.6 Å². The van der Waals surface area contributed by atoms with Crippen LogP contribution in [0.2, 0.25) is 0 Å². The molecule has 0 aromatic carbocycles. The minimum atomic E-state index is 0.797. The Kier molecular flexibility index (Phi) is 2.89. The van der Waals surface area contributed by atoms with Gasteiger partial charge in [0.2, 0.25) is 0 Å². The first-order valence-corrected chi connectivity index (χ1v) is 5.78. The number of nitrogens with one attached hydrogen (secondary N) is 1. The molecule has 2 heterocycles. The van der Waals surface area contributed by atoms with E-state index in [4.69, 9.17) is 0 Å². The summed E-state index contributed by atoms with van der Waals surface area (Å²) in [6.45, 7) is 3.62. The van der Waals surface area contributed by atoms with Crippen molar-refractivity contribution in [3.8, 4) is 0 Å². The van der Waals surface area contributed by atoms with Crippen molar-refractivity contribution in [2.75, 3.05) is 13.6 Å². The second-order valence-corrected chi connectivity index (χ2v) is 4.58. The molecule has 2 bridgehead atoms. The minimum Gasteiger partial charge on any atom is -0.317 e. The Hall–Kier alpha value is -0.0800. The summed E-state index contributed by atoms with van der Waals surface area (Å²) in [5, 5.41) is 3.44. The zero-order chi connectivity index (χ0) is 9.26. The molecule has 0 amide bonds. The molecule has 2 unspecified atom stereocenters. The van der Waals surface area contributed by atoms with Gasteiger partial charge in [-0.05, 0) is 45.7 Å². The fourth-order valence-corrected chi connectivity index (χ4v) is 3.13. The number of hydrogen-bond donors (Lipinski definition) is 1. The van der Waals surface area contributed by atoms with E-state index in [0.717, 1.165) is 18.1 Å². The fraction of sp³-hybridized carbons (Fsp3) is 1.00. The number of fused-ring (bicyclic) bond motifs is 2. The normalized spacial score (nSPS) is 39.7. The molecule has 2 aliphatic rings. The Labute approximate surface area is 81.7 Å². The highest BCUT2D eigenvalue weighted by atomic mass is 15.2. The van der Waals surface area contributed by atoms with Crippen molar-refractivity contribution in [3.63, 3.8) is 0 Å². The minimum absolute atomic E-state index is 0.797. The van der Waals surface area contributed by atoms with Crippen molar-refractivity contribution in [2.45, 2.75) is 57.2 Å². The van der Waals surface area contributed by atoms with Crippen LogP contribution in [0.15, 0.2) is 0 Å². The maximum absolute atomic E-state index is 3.44. The SMILES string of the molecule is CCCN1C2CCC1CC(NC)C2. The molecule has 13 heavy (non-hydrogen) atoms. The van der Waals surface area contributed by atoms with E-state index in [1.807, 2.05) is 0 Å². The standard InChI is InChI=1S/C11H22N2/c1-3-6-13-10-4-5-11(13)8-9(7-10)12-2/h9-12H,3-8H2,1-2H3. The first-order chi connectivity index (χ1) is 6.35. The number of rotatable bonds is 3. The van der Waals surface area contributed by atoms with Crippen LogP contribution in [0.5, 0.6) is 0 Å². The Balaban J connectivity index is 1.96. The Bertz CT molecular complexity index is 155. The number of piperidine rings is 1. The van der Waals surface area contributed by atoms with Crippen LogP contribution >= 0.6 is 0 Å². The summed E-state index contributed by atoms with van der Waals surface area (Å²) in [6.07, 6.45) is 6.98. The van der Waals surface area contributed by atoms with Crippen molar-refractivity contribution in [2.24, 2.45) is 0 Å². The molecule has 2 saturated heterocycles. The van der Waals surface area contributed by atoms with E-state index < -0.39 is 0 Å². The van der Waals surface area contributed by atoms with Gasteiger partial charge in [-0.3, -0.25) is 4.90 Å². The molecule has 0 aliphatic carbocycles. The van der Waals surface area contributed by atoms with Crippen molar-refractivity contribution >= 4 is 0 Å². The fourth-order valence-electron chi connectivity index (χ4n) is 3.13.